The standard InChI is InChI=1S/C28H34N4O4/c33-27(5-7-31-9-13-35-14-10-31)29-25-3-1-21-17-24-20-26(4-2-22(24)18-23(21)19-25)30-28(34)6-8-32-11-15-36-16-12-32/h1-4,17-20H,5-16H2,(H,29,33)(H,30,34). The van der Waals surface area contributed by atoms with Crippen LogP contribution < -0.4 is 10.6 Å². The molecule has 2 fully saturated rings. The summed E-state index contributed by atoms with van der Waals surface area (Å²) in [6.07, 6.45) is 0.938. The SMILES string of the molecule is O=C(CCN1CCOCC1)Nc1ccc2cc3cc(NC(=O)CCN4CCOCC4)ccc3cc2c1. The summed E-state index contributed by atoms with van der Waals surface area (Å²) < 4.78 is 10.7. The third-order valence-corrected chi connectivity index (χ3v) is 6.88. The van der Waals surface area contributed by atoms with Crippen LogP contribution in [0.1, 0.15) is 12.8 Å². The van der Waals surface area contributed by atoms with Crippen molar-refractivity contribution in [1.29, 1.82) is 0 Å². The lowest BCUT2D eigenvalue weighted by atomic mass is 10.0. The number of morpholine rings is 2. The van der Waals surface area contributed by atoms with Crippen LogP contribution in [0.15, 0.2) is 48.5 Å². The highest BCUT2D eigenvalue weighted by molar-refractivity contribution is 6.02. The molecule has 0 bridgehead atoms. The van der Waals surface area contributed by atoms with Crippen LogP contribution in [-0.2, 0) is 19.1 Å². The molecule has 5 rings (SSSR count). The van der Waals surface area contributed by atoms with Crippen molar-refractivity contribution in [2.75, 3.05) is 76.3 Å². The second-order valence-electron chi connectivity index (χ2n) is 9.48. The lowest BCUT2D eigenvalue weighted by Crippen LogP contribution is -2.38. The van der Waals surface area contributed by atoms with Crippen molar-refractivity contribution in [3.63, 3.8) is 0 Å². The van der Waals surface area contributed by atoms with E-state index in [1.54, 1.807) is 0 Å². The average Bonchev–Trinajstić information content (AvgIpc) is 2.91. The van der Waals surface area contributed by atoms with Gasteiger partial charge >= 0.3 is 0 Å². The molecule has 2 N–H and O–H groups in total. The van der Waals surface area contributed by atoms with Crippen molar-refractivity contribution in [3.8, 4) is 0 Å². The first-order chi connectivity index (χ1) is 17.6. The van der Waals surface area contributed by atoms with Gasteiger partial charge in [0.2, 0.25) is 11.8 Å². The van der Waals surface area contributed by atoms with E-state index in [-0.39, 0.29) is 11.8 Å². The molecule has 2 heterocycles. The minimum atomic E-state index is 0.0237. The Morgan fingerprint density at radius 2 is 1.03 bits per heavy atom. The van der Waals surface area contributed by atoms with Crippen LogP contribution in [-0.4, -0.2) is 87.3 Å². The third kappa shape index (κ3) is 6.59. The number of nitrogens with zero attached hydrogens (tertiary/aromatic N) is 2. The minimum Gasteiger partial charge on any atom is -0.379 e. The molecule has 0 aromatic heterocycles. The summed E-state index contributed by atoms with van der Waals surface area (Å²) in [5.41, 5.74) is 1.61. The summed E-state index contributed by atoms with van der Waals surface area (Å²) in [5, 5.41) is 10.4. The number of anilines is 2. The number of benzene rings is 3. The van der Waals surface area contributed by atoms with E-state index < -0.39 is 0 Å². The largest absolute Gasteiger partial charge is 0.379 e. The van der Waals surface area contributed by atoms with Crippen molar-refractivity contribution < 1.29 is 19.1 Å². The van der Waals surface area contributed by atoms with Crippen LogP contribution in [0.25, 0.3) is 21.5 Å². The second kappa shape index (κ2) is 11.8. The monoisotopic (exact) mass is 490 g/mol. The zero-order chi connectivity index (χ0) is 24.7. The Morgan fingerprint density at radius 3 is 1.44 bits per heavy atom. The number of amides is 2. The van der Waals surface area contributed by atoms with E-state index in [1.807, 2.05) is 36.4 Å². The molecule has 190 valence electrons. The van der Waals surface area contributed by atoms with Crippen LogP contribution >= 0.6 is 0 Å². The van der Waals surface area contributed by atoms with Crippen molar-refractivity contribution in [2.24, 2.45) is 0 Å². The molecule has 0 atom stereocenters. The van der Waals surface area contributed by atoms with Crippen LogP contribution in [0.5, 0.6) is 0 Å². The fraction of sp³-hybridized carbons (Fsp3) is 0.429. The summed E-state index contributed by atoms with van der Waals surface area (Å²) in [6.45, 7) is 8.00. The average molecular weight is 491 g/mol. The molecule has 2 aliphatic heterocycles. The zero-order valence-corrected chi connectivity index (χ0v) is 20.6. The fourth-order valence-electron chi connectivity index (χ4n) is 4.77. The van der Waals surface area contributed by atoms with Gasteiger partial charge < -0.3 is 20.1 Å². The summed E-state index contributed by atoms with van der Waals surface area (Å²) >= 11 is 0. The van der Waals surface area contributed by atoms with E-state index in [2.05, 4.69) is 32.6 Å². The first-order valence-electron chi connectivity index (χ1n) is 12.8. The molecule has 3 aromatic carbocycles. The molecular formula is C28H34N4O4. The number of fused-ring (bicyclic) bond motifs is 2. The molecule has 0 saturated carbocycles. The Hall–Kier alpha value is -3.04. The summed E-state index contributed by atoms with van der Waals surface area (Å²) in [6, 6.07) is 16.2. The quantitative estimate of drug-likeness (QED) is 0.472. The van der Waals surface area contributed by atoms with Gasteiger partial charge in [-0.25, -0.2) is 0 Å². The number of hydrogen-bond donors (Lipinski definition) is 2. The number of carbonyl (C=O) groups is 2. The van der Waals surface area contributed by atoms with Crippen LogP contribution in [0.3, 0.4) is 0 Å². The van der Waals surface area contributed by atoms with Crippen LogP contribution in [0, 0.1) is 0 Å². The lowest BCUT2D eigenvalue weighted by molar-refractivity contribution is -0.117. The molecule has 36 heavy (non-hydrogen) atoms. The first-order valence-corrected chi connectivity index (χ1v) is 12.8. The number of rotatable bonds is 8. The minimum absolute atomic E-state index is 0.0237. The number of ether oxygens (including phenoxy) is 2. The maximum atomic E-state index is 12.5. The van der Waals surface area contributed by atoms with Gasteiger partial charge in [0.15, 0.2) is 0 Å². The molecule has 3 aromatic rings. The molecule has 2 saturated heterocycles. The summed E-state index contributed by atoms with van der Waals surface area (Å²) in [7, 11) is 0. The number of hydrogen-bond acceptors (Lipinski definition) is 6. The van der Waals surface area contributed by atoms with Crippen molar-refractivity contribution in [1.82, 2.24) is 9.80 Å². The van der Waals surface area contributed by atoms with E-state index in [9.17, 15) is 9.59 Å². The second-order valence-corrected chi connectivity index (χ2v) is 9.48. The van der Waals surface area contributed by atoms with E-state index in [4.69, 9.17) is 9.47 Å². The number of carbonyl (C=O) groups excluding carboxylic acids is 2. The predicted molar refractivity (Wildman–Crippen MR) is 142 cm³/mol. The summed E-state index contributed by atoms with van der Waals surface area (Å²) in [4.78, 5) is 29.4. The Bertz CT molecular complexity index is 1120. The van der Waals surface area contributed by atoms with Gasteiger partial charge in [-0.2, -0.15) is 0 Å². The normalized spacial score (nSPS) is 17.3. The highest BCUT2D eigenvalue weighted by Crippen LogP contribution is 2.27. The van der Waals surface area contributed by atoms with Gasteiger partial charge in [-0.3, -0.25) is 19.4 Å². The van der Waals surface area contributed by atoms with E-state index in [0.717, 1.165) is 98.6 Å². The van der Waals surface area contributed by atoms with Crippen molar-refractivity contribution in [3.05, 3.63) is 48.5 Å². The molecule has 8 nitrogen and oxygen atoms in total. The van der Waals surface area contributed by atoms with Gasteiger partial charge in [-0.15, -0.1) is 0 Å². The fourth-order valence-corrected chi connectivity index (χ4v) is 4.77. The van der Waals surface area contributed by atoms with Crippen molar-refractivity contribution >= 4 is 44.7 Å². The summed E-state index contributed by atoms with van der Waals surface area (Å²) in [5.74, 6) is 0.0475. The Kier molecular flexibility index (Phi) is 8.08. The highest BCUT2D eigenvalue weighted by Gasteiger charge is 2.14. The Balaban J connectivity index is 1.19. The van der Waals surface area contributed by atoms with Gasteiger partial charge in [0.25, 0.3) is 0 Å². The molecule has 8 heteroatoms. The third-order valence-electron chi connectivity index (χ3n) is 6.88. The maximum absolute atomic E-state index is 12.5. The van der Waals surface area contributed by atoms with Crippen molar-refractivity contribution in [2.45, 2.75) is 12.8 Å². The topological polar surface area (TPSA) is 83.1 Å². The maximum Gasteiger partial charge on any atom is 0.225 e. The van der Waals surface area contributed by atoms with E-state index in [0.29, 0.717) is 12.8 Å². The smallest absolute Gasteiger partial charge is 0.225 e. The molecular weight excluding hydrogens is 456 g/mol. The Morgan fingerprint density at radius 1 is 0.611 bits per heavy atom. The Labute approximate surface area is 211 Å². The van der Waals surface area contributed by atoms with Gasteiger partial charge in [0.05, 0.1) is 26.4 Å². The molecule has 2 aliphatic rings. The lowest BCUT2D eigenvalue weighted by Gasteiger charge is -2.26. The highest BCUT2D eigenvalue weighted by atomic mass is 16.5. The van der Waals surface area contributed by atoms with Gasteiger partial charge in [-0.05, 0) is 57.9 Å². The molecule has 0 aliphatic carbocycles. The van der Waals surface area contributed by atoms with Gasteiger partial charge in [-0.1, -0.05) is 12.1 Å². The molecule has 0 unspecified atom stereocenters. The van der Waals surface area contributed by atoms with Crippen LogP contribution in [0.4, 0.5) is 11.4 Å². The van der Waals surface area contributed by atoms with Crippen LogP contribution in [0.2, 0.25) is 0 Å². The predicted octanol–water partition coefficient (Wildman–Crippen LogP) is 3.31. The van der Waals surface area contributed by atoms with E-state index >= 15 is 0 Å². The molecule has 0 radical (unpaired) electrons. The molecule has 0 spiro atoms. The number of nitrogens with one attached hydrogen (secondary N) is 2. The van der Waals surface area contributed by atoms with Gasteiger partial charge in [0.1, 0.15) is 0 Å². The van der Waals surface area contributed by atoms with E-state index in [1.165, 1.54) is 0 Å². The van der Waals surface area contributed by atoms with Gasteiger partial charge in [0, 0.05) is 63.5 Å². The molecule has 2 amide bonds. The first kappa shape index (κ1) is 24.6. The zero-order valence-electron chi connectivity index (χ0n) is 20.6.